The van der Waals surface area contributed by atoms with Crippen LogP contribution >= 0.6 is 0 Å². The van der Waals surface area contributed by atoms with Crippen LogP contribution in [0.3, 0.4) is 0 Å². The van der Waals surface area contributed by atoms with E-state index in [1.807, 2.05) is 22.9 Å². The van der Waals surface area contributed by atoms with Crippen molar-refractivity contribution < 1.29 is 4.42 Å². The van der Waals surface area contributed by atoms with Gasteiger partial charge in [-0.2, -0.15) is 0 Å². The van der Waals surface area contributed by atoms with Gasteiger partial charge in [-0.3, -0.25) is 0 Å². The first-order valence-corrected chi connectivity index (χ1v) is 6.72. The summed E-state index contributed by atoms with van der Waals surface area (Å²) in [6.45, 7) is 1.78. The first-order chi connectivity index (χ1) is 9.92. The van der Waals surface area contributed by atoms with E-state index in [4.69, 9.17) is 4.42 Å². The van der Waals surface area contributed by atoms with Crippen molar-refractivity contribution in [3.05, 3.63) is 72.7 Å². The van der Waals surface area contributed by atoms with E-state index in [2.05, 4.69) is 34.6 Å². The molecule has 0 atom stereocenters. The third kappa shape index (κ3) is 3.16. The lowest BCUT2D eigenvalue weighted by Crippen LogP contribution is -2.16. The van der Waals surface area contributed by atoms with Crippen LogP contribution < -0.4 is 5.32 Å². The quantitative estimate of drug-likeness (QED) is 0.698. The van der Waals surface area contributed by atoms with Gasteiger partial charge in [-0.1, -0.05) is 12.1 Å². The van der Waals surface area contributed by atoms with Gasteiger partial charge in [0.2, 0.25) is 0 Å². The Kier molecular flexibility index (Phi) is 3.94. The largest absolute Gasteiger partial charge is 0.469 e. The molecule has 0 bridgehead atoms. The molecular weight excluding hydrogens is 250 g/mol. The number of hydrogen-bond acceptors (Lipinski definition) is 3. The van der Waals surface area contributed by atoms with Crippen LogP contribution in [0.2, 0.25) is 0 Å². The Bertz CT molecular complexity index is 612. The van der Waals surface area contributed by atoms with E-state index in [1.165, 1.54) is 5.56 Å². The number of furan rings is 1. The molecule has 3 rings (SSSR count). The Hall–Kier alpha value is -2.33. The minimum Gasteiger partial charge on any atom is -0.469 e. The molecule has 20 heavy (non-hydrogen) atoms. The van der Waals surface area contributed by atoms with Gasteiger partial charge in [-0.15, -0.1) is 0 Å². The van der Waals surface area contributed by atoms with Crippen LogP contribution in [0.25, 0.3) is 5.69 Å². The summed E-state index contributed by atoms with van der Waals surface area (Å²) in [5.41, 5.74) is 2.40. The number of aromatic nitrogens is 2. The third-order valence-electron chi connectivity index (χ3n) is 3.20. The fraction of sp³-hybridized carbons (Fsp3) is 0.188. The topological polar surface area (TPSA) is 43.0 Å². The first kappa shape index (κ1) is 12.7. The number of hydrogen-bond donors (Lipinski definition) is 1. The highest BCUT2D eigenvalue weighted by Crippen LogP contribution is 2.09. The maximum absolute atomic E-state index is 5.29. The Morgan fingerprint density at radius 2 is 2.05 bits per heavy atom. The van der Waals surface area contributed by atoms with E-state index in [0.29, 0.717) is 0 Å². The standard InChI is InChI=1S/C16H17N3O/c1-2-16(20-11-1)7-8-17-12-14-3-5-15(6-4-14)19-10-9-18-13-19/h1-6,9-11,13,17H,7-8,12H2. The number of nitrogens with one attached hydrogen (secondary N) is 1. The zero-order valence-electron chi connectivity index (χ0n) is 11.2. The van der Waals surface area contributed by atoms with Crippen molar-refractivity contribution in [2.75, 3.05) is 6.54 Å². The molecule has 0 saturated heterocycles. The summed E-state index contributed by atoms with van der Waals surface area (Å²) in [6, 6.07) is 12.4. The lowest BCUT2D eigenvalue weighted by Gasteiger charge is -2.06. The van der Waals surface area contributed by atoms with E-state index in [0.717, 1.165) is 31.0 Å². The second-order valence-corrected chi connectivity index (χ2v) is 4.64. The van der Waals surface area contributed by atoms with Gasteiger partial charge in [0.1, 0.15) is 5.76 Å². The van der Waals surface area contributed by atoms with Gasteiger partial charge in [0.15, 0.2) is 0 Å². The molecule has 0 unspecified atom stereocenters. The first-order valence-electron chi connectivity index (χ1n) is 6.72. The van der Waals surface area contributed by atoms with Gasteiger partial charge >= 0.3 is 0 Å². The van der Waals surface area contributed by atoms with Gasteiger partial charge in [0.25, 0.3) is 0 Å². The molecule has 0 fully saturated rings. The van der Waals surface area contributed by atoms with Crippen molar-refractivity contribution in [3.63, 3.8) is 0 Å². The van der Waals surface area contributed by atoms with Crippen molar-refractivity contribution in [3.8, 4) is 5.69 Å². The van der Waals surface area contributed by atoms with Crippen molar-refractivity contribution in [2.24, 2.45) is 0 Å². The molecule has 0 aliphatic rings. The van der Waals surface area contributed by atoms with Crippen LogP contribution in [-0.2, 0) is 13.0 Å². The van der Waals surface area contributed by atoms with Crippen molar-refractivity contribution >= 4 is 0 Å². The molecule has 0 spiro atoms. The van der Waals surface area contributed by atoms with Gasteiger partial charge < -0.3 is 14.3 Å². The summed E-state index contributed by atoms with van der Waals surface area (Å²) in [7, 11) is 0. The molecule has 102 valence electrons. The SMILES string of the molecule is c1coc(CCNCc2ccc(-n3ccnc3)cc2)c1. The van der Waals surface area contributed by atoms with Crippen molar-refractivity contribution in [1.82, 2.24) is 14.9 Å². The summed E-state index contributed by atoms with van der Waals surface area (Å²) < 4.78 is 7.29. The molecule has 4 heteroatoms. The average Bonchev–Trinajstić information content (AvgIpc) is 3.17. The highest BCUT2D eigenvalue weighted by atomic mass is 16.3. The zero-order valence-corrected chi connectivity index (χ0v) is 11.2. The van der Waals surface area contributed by atoms with E-state index in [1.54, 1.807) is 18.8 Å². The van der Waals surface area contributed by atoms with Gasteiger partial charge in [-0.25, -0.2) is 4.98 Å². The van der Waals surface area contributed by atoms with Gasteiger partial charge in [-0.05, 0) is 29.8 Å². The Morgan fingerprint density at radius 3 is 2.75 bits per heavy atom. The van der Waals surface area contributed by atoms with Crippen LogP contribution in [-0.4, -0.2) is 16.1 Å². The molecule has 1 N–H and O–H groups in total. The average molecular weight is 267 g/mol. The fourth-order valence-electron chi connectivity index (χ4n) is 2.10. The predicted molar refractivity (Wildman–Crippen MR) is 77.7 cm³/mol. The van der Waals surface area contributed by atoms with Gasteiger partial charge in [0.05, 0.1) is 12.6 Å². The van der Waals surface area contributed by atoms with E-state index < -0.39 is 0 Å². The summed E-state index contributed by atoms with van der Waals surface area (Å²) in [5.74, 6) is 1.02. The molecule has 2 heterocycles. The molecule has 0 aliphatic carbocycles. The monoisotopic (exact) mass is 267 g/mol. The molecule has 0 saturated carbocycles. The molecule has 3 aromatic rings. The zero-order chi connectivity index (χ0) is 13.6. The number of rotatable bonds is 6. The second kappa shape index (κ2) is 6.21. The van der Waals surface area contributed by atoms with Crippen LogP contribution in [0.15, 0.2) is 65.8 Å². The summed E-state index contributed by atoms with van der Waals surface area (Å²) >= 11 is 0. The summed E-state index contributed by atoms with van der Waals surface area (Å²) in [5, 5.41) is 3.42. The van der Waals surface area contributed by atoms with Crippen LogP contribution in [0.1, 0.15) is 11.3 Å². The highest BCUT2D eigenvalue weighted by Gasteiger charge is 1.98. The smallest absolute Gasteiger partial charge is 0.105 e. The Balaban J connectivity index is 1.48. The second-order valence-electron chi connectivity index (χ2n) is 4.64. The van der Waals surface area contributed by atoms with E-state index in [-0.39, 0.29) is 0 Å². The van der Waals surface area contributed by atoms with Crippen molar-refractivity contribution in [2.45, 2.75) is 13.0 Å². The maximum Gasteiger partial charge on any atom is 0.105 e. The number of benzene rings is 1. The predicted octanol–water partition coefficient (Wildman–Crippen LogP) is 2.80. The molecule has 1 aromatic carbocycles. The molecule has 0 radical (unpaired) electrons. The van der Waals surface area contributed by atoms with E-state index in [9.17, 15) is 0 Å². The molecule has 2 aromatic heterocycles. The third-order valence-corrected chi connectivity index (χ3v) is 3.20. The molecule has 0 aliphatic heterocycles. The van der Waals surface area contributed by atoms with Crippen molar-refractivity contribution in [1.29, 1.82) is 0 Å². The van der Waals surface area contributed by atoms with E-state index >= 15 is 0 Å². The summed E-state index contributed by atoms with van der Waals surface area (Å²) in [6.07, 6.45) is 8.15. The lowest BCUT2D eigenvalue weighted by atomic mass is 10.2. The minimum absolute atomic E-state index is 0.866. The van der Waals surface area contributed by atoms with Crippen LogP contribution in [0.5, 0.6) is 0 Å². The Morgan fingerprint density at radius 1 is 1.15 bits per heavy atom. The normalized spacial score (nSPS) is 10.8. The molecule has 4 nitrogen and oxygen atoms in total. The number of imidazole rings is 1. The van der Waals surface area contributed by atoms with Crippen LogP contribution in [0, 0.1) is 0 Å². The Labute approximate surface area is 118 Å². The highest BCUT2D eigenvalue weighted by molar-refractivity contribution is 5.34. The fourth-order valence-corrected chi connectivity index (χ4v) is 2.10. The molecular formula is C16H17N3O. The number of nitrogens with zero attached hydrogens (tertiary/aromatic N) is 2. The maximum atomic E-state index is 5.29. The summed E-state index contributed by atoms with van der Waals surface area (Å²) in [4.78, 5) is 4.05. The van der Waals surface area contributed by atoms with Crippen LogP contribution in [0.4, 0.5) is 0 Å². The van der Waals surface area contributed by atoms with Gasteiger partial charge in [0, 0.05) is 37.6 Å². The lowest BCUT2D eigenvalue weighted by molar-refractivity contribution is 0.499. The minimum atomic E-state index is 0.866. The molecule has 0 amide bonds.